The maximum Gasteiger partial charge on any atom is 0.277 e. The van der Waals surface area contributed by atoms with Gasteiger partial charge in [-0.05, 0) is 42.5 Å². The summed E-state index contributed by atoms with van der Waals surface area (Å²) >= 11 is 0. The zero-order valence-electron chi connectivity index (χ0n) is 13.5. The summed E-state index contributed by atoms with van der Waals surface area (Å²) in [5.74, 6) is 0.799. The molecule has 0 saturated heterocycles. The Kier molecular flexibility index (Phi) is 4.84. The largest absolute Gasteiger partial charge is 0.507 e. The Bertz CT molecular complexity index is 918. The van der Waals surface area contributed by atoms with Crippen LogP contribution in [-0.2, 0) is 4.79 Å². The van der Waals surface area contributed by atoms with Crippen LogP contribution in [0.15, 0.2) is 53.8 Å². The Hall–Kier alpha value is -3.48. The molecule has 3 aromatic rings. The van der Waals surface area contributed by atoms with E-state index in [2.05, 4.69) is 15.5 Å². The van der Waals surface area contributed by atoms with Crippen molar-refractivity contribution < 1.29 is 19.4 Å². The number of hydrogen-bond donors (Lipinski definition) is 3. The lowest BCUT2D eigenvalue weighted by atomic mass is 10.2. The zero-order valence-corrected chi connectivity index (χ0v) is 13.5. The number of methoxy groups -OCH3 is 1. The summed E-state index contributed by atoms with van der Waals surface area (Å²) in [6.45, 7) is -0.169. The average molecular weight is 339 g/mol. The first-order chi connectivity index (χ1) is 12.2. The number of nitrogens with zero attached hydrogens (tertiary/aromatic N) is 1. The molecule has 7 nitrogen and oxygen atoms in total. The number of nitrogens with one attached hydrogen (secondary N) is 2. The number of H-pyrrole nitrogens is 1. The number of carbonyl (C=O) groups is 1. The van der Waals surface area contributed by atoms with Gasteiger partial charge in [0, 0.05) is 22.7 Å². The van der Waals surface area contributed by atoms with Gasteiger partial charge in [0.2, 0.25) is 0 Å². The maximum atomic E-state index is 11.8. The van der Waals surface area contributed by atoms with Gasteiger partial charge in [-0.2, -0.15) is 5.10 Å². The van der Waals surface area contributed by atoms with Gasteiger partial charge < -0.3 is 19.6 Å². The van der Waals surface area contributed by atoms with Gasteiger partial charge in [-0.25, -0.2) is 5.43 Å². The van der Waals surface area contributed by atoms with E-state index in [-0.39, 0.29) is 12.4 Å². The predicted octanol–water partition coefficient (Wildman–Crippen LogP) is 2.41. The highest BCUT2D eigenvalue weighted by Crippen LogP contribution is 2.21. The van der Waals surface area contributed by atoms with Crippen molar-refractivity contribution in [2.75, 3.05) is 13.7 Å². The van der Waals surface area contributed by atoms with Crippen molar-refractivity contribution in [3.8, 4) is 17.2 Å². The summed E-state index contributed by atoms with van der Waals surface area (Å²) < 4.78 is 10.5. The zero-order chi connectivity index (χ0) is 17.6. The quantitative estimate of drug-likeness (QED) is 0.475. The molecule has 0 bridgehead atoms. The highest BCUT2D eigenvalue weighted by molar-refractivity contribution is 5.86. The highest BCUT2D eigenvalue weighted by atomic mass is 16.5. The Morgan fingerprint density at radius 1 is 1.24 bits per heavy atom. The van der Waals surface area contributed by atoms with Gasteiger partial charge in [0.15, 0.2) is 6.61 Å². The molecule has 3 rings (SSSR count). The van der Waals surface area contributed by atoms with Crippen LogP contribution in [0.1, 0.15) is 5.56 Å². The van der Waals surface area contributed by atoms with E-state index in [0.717, 1.165) is 10.9 Å². The fraction of sp³-hybridized carbons (Fsp3) is 0.111. The van der Waals surface area contributed by atoms with Gasteiger partial charge in [-0.3, -0.25) is 4.79 Å². The number of hydrogen-bond acceptors (Lipinski definition) is 5. The average Bonchev–Trinajstić information content (AvgIpc) is 3.09. The first-order valence-electron chi connectivity index (χ1n) is 7.54. The third-order valence-electron chi connectivity index (χ3n) is 3.52. The monoisotopic (exact) mass is 339 g/mol. The molecule has 0 aliphatic carbocycles. The normalized spacial score (nSPS) is 10.9. The molecular formula is C18H17N3O4. The van der Waals surface area contributed by atoms with Crippen molar-refractivity contribution in [2.24, 2.45) is 5.10 Å². The molecule has 25 heavy (non-hydrogen) atoms. The van der Waals surface area contributed by atoms with Crippen LogP contribution in [0.5, 0.6) is 17.2 Å². The van der Waals surface area contributed by atoms with Crippen molar-refractivity contribution in [1.82, 2.24) is 10.4 Å². The summed E-state index contributed by atoms with van der Waals surface area (Å²) in [7, 11) is 1.53. The van der Waals surface area contributed by atoms with Crippen LogP contribution < -0.4 is 14.9 Å². The van der Waals surface area contributed by atoms with Crippen LogP contribution in [-0.4, -0.2) is 35.9 Å². The minimum atomic E-state index is -0.409. The van der Waals surface area contributed by atoms with E-state index < -0.39 is 5.91 Å². The number of benzene rings is 2. The Balaban J connectivity index is 1.54. The molecule has 128 valence electrons. The van der Waals surface area contributed by atoms with Crippen molar-refractivity contribution in [1.29, 1.82) is 0 Å². The van der Waals surface area contributed by atoms with Gasteiger partial charge >= 0.3 is 0 Å². The minimum Gasteiger partial charge on any atom is -0.507 e. The molecule has 0 aliphatic heterocycles. The molecule has 7 heteroatoms. The van der Waals surface area contributed by atoms with E-state index in [4.69, 9.17) is 9.47 Å². The number of amides is 1. The number of aromatic nitrogens is 1. The van der Waals surface area contributed by atoms with Crippen LogP contribution in [0.25, 0.3) is 10.9 Å². The second kappa shape index (κ2) is 7.39. The number of aromatic hydroxyl groups is 1. The smallest absolute Gasteiger partial charge is 0.277 e. The topological polar surface area (TPSA) is 95.9 Å². The third-order valence-corrected chi connectivity index (χ3v) is 3.52. The molecule has 1 aromatic heterocycles. The molecule has 3 N–H and O–H groups in total. The number of phenolic OH excluding ortho intramolecular Hbond substituents is 1. The maximum absolute atomic E-state index is 11.8. The van der Waals surface area contributed by atoms with E-state index in [1.165, 1.54) is 19.4 Å². The highest BCUT2D eigenvalue weighted by Gasteiger charge is 2.04. The fourth-order valence-electron chi connectivity index (χ4n) is 2.24. The SMILES string of the molecule is COc1ccc(O)c(/C=N/NC(=O)COc2ccc3[nH]ccc3c2)c1. The van der Waals surface area contributed by atoms with Crippen molar-refractivity contribution in [3.05, 3.63) is 54.2 Å². The number of aromatic amines is 1. The van der Waals surface area contributed by atoms with E-state index in [1.54, 1.807) is 18.2 Å². The van der Waals surface area contributed by atoms with Gasteiger partial charge in [0.25, 0.3) is 5.91 Å². The standard InChI is InChI=1S/C18H17N3O4/c1-24-14-3-5-17(22)13(9-14)10-20-21-18(23)11-25-15-2-4-16-12(8-15)6-7-19-16/h2-10,19,22H,11H2,1H3,(H,21,23)/b20-10+. The molecule has 1 heterocycles. The molecule has 0 saturated carbocycles. The number of carbonyl (C=O) groups excluding carboxylic acids is 1. The Morgan fingerprint density at radius 3 is 2.92 bits per heavy atom. The van der Waals surface area contributed by atoms with E-state index >= 15 is 0 Å². The van der Waals surface area contributed by atoms with Crippen LogP contribution >= 0.6 is 0 Å². The Morgan fingerprint density at radius 2 is 2.08 bits per heavy atom. The summed E-state index contributed by atoms with van der Waals surface area (Å²) in [5.41, 5.74) is 3.77. The molecule has 0 aliphatic rings. The van der Waals surface area contributed by atoms with Gasteiger partial charge in [-0.15, -0.1) is 0 Å². The summed E-state index contributed by atoms with van der Waals surface area (Å²) in [6, 6.07) is 12.1. The first kappa shape index (κ1) is 16.4. The van der Waals surface area contributed by atoms with Crippen molar-refractivity contribution >= 4 is 23.0 Å². The summed E-state index contributed by atoms with van der Waals surface area (Å²) in [6.07, 6.45) is 3.17. The third kappa shape index (κ3) is 4.08. The van der Waals surface area contributed by atoms with Gasteiger partial charge in [0.05, 0.1) is 13.3 Å². The number of hydrazone groups is 1. The van der Waals surface area contributed by atoms with E-state index in [9.17, 15) is 9.90 Å². The second-order valence-electron chi connectivity index (χ2n) is 5.23. The van der Waals surface area contributed by atoms with Crippen molar-refractivity contribution in [3.63, 3.8) is 0 Å². The number of phenols is 1. The molecule has 0 fully saturated rings. The van der Waals surface area contributed by atoms with Gasteiger partial charge in [-0.1, -0.05) is 0 Å². The summed E-state index contributed by atoms with van der Waals surface area (Å²) in [4.78, 5) is 14.9. The molecule has 0 atom stereocenters. The van der Waals surface area contributed by atoms with Crippen LogP contribution in [0.4, 0.5) is 0 Å². The van der Waals surface area contributed by atoms with Gasteiger partial charge in [0.1, 0.15) is 17.2 Å². The number of ether oxygens (including phenoxy) is 2. The molecule has 0 radical (unpaired) electrons. The molecule has 0 unspecified atom stereocenters. The number of fused-ring (bicyclic) bond motifs is 1. The molecule has 2 aromatic carbocycles. The first-order valence-corrected chi connectivity index (χ1v) is 7.54. The lowest BCUT2D eigenvalue weighted by molar-refractivity contribution is -0.123. The number of rotatable bonds is 6. The lowest BCUT2D eigenvalue weighted by Crippen LogP contribution is -2.24. The van der Waals surface area contributed by atoms with E-state index in [1.807, 2.05) is 24.4 Å². The van der Waals surface area contributed by atoms with Crippen molar-refractivity contribution in [2.45, 2.75) is 0 Å². The van der Waals surface area contributed by atoms with Crippen LogP contribution in [0.3, 0.4) is 0 Å². The van der Waals surface area contributed by atoms with Crippen LogP contribution in [0, 0.1) is 0 Å². The Labute approximate surface area is 143 Å². The minimum absolute atomic E-state index is 0.0369. The van der Waals surface area contributed by atoms with Crippen LogP contribution in [0.2, 0.25) is 0 Å². The lowest BCUT2D eigenvalue weighted by Gasteiger charge is -2.05. The molecule has 0 spiro atoms. The molecular weight excluding hydrogens is 322 g/mol. The molecule has 1 amide bonds. The summed E-state index contributed by atoms with van der Waals surface area (Å²) in [5, 5.41) is 14.5. The second-order valence-corrected chi connectivity index (χ2v) is 5.23. The van der Waals surface area contributed by atoms with E-state index in [0.29, 0.717) is 17.1 Å². The predicted molar refractivity (Wildman–Crippen MR) is 94.2 cm³/mol. The fourth-order valence-corrected chi connectivity index (χ4v) is 2.24.